The van der Waals surface area contributed by atoms with Gasteiger partial charge >= 0.3 is 0 Å². The molecule has 0 saturated carbocycles. The van der Waals surface area contributed by atoms with Gasteiger partial charge in [0, 0.05) is 37.4 Å². The first-order valence-electron chi connectivity index (χ1n) is 8.99. The van der Waals surface area contributed by atoms with Crippen LogP contribution in [0.1, 0.15) is 38.8 Å². The average molecular weight is 317 g/mol. The molecule has 5 heteroatoms. The van der Waals surface area contributed by atoms with Crippen LogP contribution in [-0.2, 0) is 6.42 Å². The molecule has 23 heavy (non-hydrogen) atoms. The van der Waals surface area contributed by atoms with Gasteiger partial charge in [-0.15, -0.1) is 0 Å². The summed E-state index contributed by atoms with van der Waals surface area (Å²) in [6, 6.07) is 6.64. The third kappa shape index (κ3) is 6.18. The Hall–Kier alpha value is -1.62. The summed E-state index contributed by atoms with van der Waals surface area (Å²) in [6.45, 7) is 9.33. The molecule has 1 atom stereocenters. The molecule has 1 aromatic heterocycles. The predicted octanol–water partition coefficient (Wildman–Crippen LogP) is 2.05. The molecule has 1 aliphatic rings. The van der Waals surface area contributed by atoms with Crippen molar-refractivity contribution in [1.82, 2.24) is 20.5 Å². The van der Waals surface area contributed by atoms with Gasteiger partial charge in [-0.05, 0) is 45.0 Å². The minimum Gasteiger partial charge on any atom is -0.357 e. The van der Waals surface area contributed by atoms with E-state index in [0.29, 0.717) is 6.04 Å². The van der Waals surface area contributed by atoms with Crippen LogP contribution in [0.25, 0.3) is 0 Å². The van der Waals surface area contributed by atoms with Crippen LogP contribution >= 0.6 is 0 Å². The molecule has 1 unspecified atom stereocenters. The van der Waals surface area contributed by atoms with E-state index in [1.165, 1.54) is 25.8 Å². The second-order valence-corrected chi connectivity index (χ2v) is 6.00. The van der Waals surface area contributed by atoms with Crippen molar-refractivity contribution in [3.05, 3.63) is 30.1 Å². The van der Waals surface area contributed by atoms with Crippen LogP contribution in [0.2, 0.25) is 0 Å². The first-order chi connectivity index (χ1) is 11.3. The fourth-order valence-corrected chi connectivity index (χ4v) is 3.08. The van der Waals surface area contributed by atoms with Crippen LogP contribution in [0, 0.1) is 0 Å². The lowest BCUT2D eigenvalue weighted by atomic mass is 10.0. The van der Waals surface area contributed by atoms with E-state index in [0.717, 1.165) is 44.3 Å². The van der Waals surface area contributed by atoms with Crippen molar-refractivity contribution in [2.24, 2.45) is 4.99 Å². The number of aromatic nitrogens is 1. The molecular formula is C18H31N5. The third-order valence-electron chi connectivity index (χ3n) is 4.36. The van der Waals surface area contributed by atoms with Crippen LogP contribution in [-0.4, -0.2) is 54.6 Å². The summed E-state index contributed by atoms with van der Waals surface area (Å²) >= 11 is 0. The number of piperidine rings is 1. The summed E-state index contributed by atoms with van der Waals surface area (Å²) < 4.78 is 0. The summed E-state index contributed by atoms with van der Waals surface area (Å²) in [5.41, 5.74) is 1.11. The Labute approximate surface area is 140 Å². The van der Waals surface area contributed by atoms with E-state index in [2.05, 4.69) is 40.4 Å². The second kappa shape index (κ2) is 10.2. The Morgan fingerprint density at radius 3 is 2.96 bits per heavy atom. The first-order valence-corrected chi connectivity index (χ1v) is 8.99. The maximum Gasteiger partial charge on any atom is 0.191 e. The fraction of sp³-hybridized carbons (Fsp3) is 0.667. The standard InChI is InChI=1S/C18H31N5/c1-3-19-18(21-13-11-16-9-5-7-12-20-16)22-15-17-10-6-8-14-23(17)4-2/h5,7,9,12,17H,3-4,6,8,10-11,13-15H2,1-2H3,(H2,19,21,22). The molecule has 0 aliphatic carbocycles. The zero-order valence-corrected chi connectivity index (χ0v) is 14.6. The van der Waals surface area contributed by atoms with Crippen molar-refractivity contribution in [2.75, 3.05) is 32.7 Å². The minimum atomic E-state index is 0.597. The van der Waals surface area contributed by atoms with Gasteiger partial charge in [0.1, 0.15) is 0 Å². The highest BCUT2D eigenvalue weighted by molar-refractivity contribution is 5.79. The zero-order chi connectivity index (χ0) is 16.3. The summed E-state index contributed by atoms with van der Waals surface area (Å²) in [4.78, 5) is 11.7. The van der Waals surface area contributed by atoms with Crippen LogP contribution in [0.5, 0.6) is 0 Å². The number of pyridine rings is 1. The van der Waals surface area contributed by atoms with Crippen LogP contribution in [0.15, 0.2) is 29.4 Å². The molecule has 0 radical (unpaired) electrons. The van der Waals surface area contributed by atoms with Gasteiger partial charge < -0.3 is 10.6 Å². The lowest BCUT2D eigenvalue weighted by Gasteiger charge is -2.33. The Kier molecular flexibility index (Phi) is 7.87. The van der Waals surface area contributed by atoms with Gasteiger partial charge in [0.05, 0.1) is 6.54 Å². The third-order valence-corrected chi connectivity index (χ3v) is 4.36. The van der Waals surface area contributed by atoms with Crippen LogP contribution in [0.4, 0.5) is 0 Å². The second-order valence-electron chi connectivity index (χ2n) is 6.00. The molecule has 5 nitrogen and oxygen atoms in total. The summed E-state index contributed by atoms with van der Waals surface area (Å²) in [7, 11) is 0. The normalized spacial score (nSPS) is 19.6. The smallest absolute Gasteiger partial charge is 0.191 e. The minimum absolute atomic E-state index is 0.597. The lowest BCUT2D eigenvalue weighted by molar-refractivity contribution is 0.161. The lowest BCUT2D eigenvalue weighted by Crippen LogP contribution is -2.43. The van der Waals surface area contributed by atoms with Crippen molar-refractivity contribution >= 4 is 5.96 Å². The van der Waals surface area contributed by atoms with E-state index in [-0.39, 0.29) is 0 Å². The molecule has 1 saturated heterocycles. The Morgan fingerprint density at radius 1 is 1.30 bits per heavy atom. The highest BCUT2D eigenvalue weighted by atomic mass is 15.2. The highest BCUT2D eigenvalue weighted by Crippen LogP contribution is 2.16. The molecule has 2 rings (SSSR count). The van der Waals surface area contributed by atoms with Crippen molar-refractivity contribution < 1.29 is 0 Å². The monoisotopic (exact) mass is 317 g/mol. The number of rotatable bonds is 7. The summed E-state index contributed by atoms with van der Waals surface area (Å²) in [5.74, 6) is 0.921. The van der Waals surface area contributed by atoms with Gasteiger partial charge in [0.25, 0.3) is 0 Å². The van der Waals surface area contributed by atoms with Gasteiger partial charge in [0.2, 0.25) is 0 Å². The largest absolute Gasteiger partial charge is 0.357 e. The van der Waals surface area contributed by atoms with Gasteiger partial charge in [-0.1, -0.05) is 19.4 Å². The van der Waals surface area contributed by atoms with E-state index in [9.17, 15) is 0 Å². The molecule has 0 spiro atoms. The number of guanidine groups is 1. The van der Waals surface area contributed by atoms with E-state index in [4.69, 9.17) is 4.99 Å². The van der Waals surface area contributed by atoms with Crippen molar-refractivity contribution in [3.63, 3.8) is 0 Å². The molecule has 2 N–H and O–H groups in total. The molecular weight excluding hydrogens is 286 g/mol. The number of nitrogens with one attached hydrogen (secondary N) is 2. The van der Waals surface area contributed by atoms with E-state index in [1.54, 1.807) is 0 Å². The SMILES string of the molecule is CCNC(=NCC1CCCCN1CC)NCCc1ccccn1. The molecule has 2 heterocycles. The number of likely N-dealkylation sites (N-methyl/N-ethyl adjacent to an activating group) is 1. The number of hydrogen-bond donors (Lipinski definition) is 2. The number of hydrogen-bond acceptors (Lipinski definition) is 3. The topological polar surface area (TPSA) is 52.6 Å². The summed E-state index contributed by atoms with van der Waals surface area (Å²) in [6.07, 6.45) is 6.69. The van der Waals surface area contributed by atoms with Gasteiger partial charge in [0.15, 0.2) is 5.96 Å². The summed E-state index contributed by atoms with van der Waals surface area (Å²) in [5, 5.41) is 6.76. The van der Waals surface area contributed by atoms with E-state index >= 15 is 0 Å². The maximum absolute atomic E-state index is 4.80. The molecule has 0 bridgehead atoms. The average Bonchev–Trinajstić information content (AvgIpc) is 2.61. The number of aliphatic imine (C=N–C) groups is 1. The van der Waals surface area contributed by atoms with Gasteiger partial charge in [-0.3, -0.25) is 14.9 Å². The van der Waals surface area contributed by atoms with Crippen molar-refractivity contribution in [1.29, 1.82) is 0 Å². The highest BCUT2D eigenvalue weighted by Gasteiger charge is 2.20. The first kappa shape index (κ1) is 17.7. The molecule has 1 fully saturated rings. The van der Waals surface area contributed by atoms with E-state index in [1.807, 2.05) is 18.3 Å². The molecule has 1 aliphatic heterocycles. The van der Waals surface area contributed by atoms with Gasteiger partial charge in [-0.2, -0.15) is 0 Å². The van der Waals surface area contributed by atoms with E-state index < -0.39 is 0 Å². The van der Waals surface area contributed by atoms with Crippen LogP contribution < -0.4 is 10.6 Å². The quantitative estimate of drug-likeness (QED) is 0.597. The molecule has 1 aromatic rings. The Morgan fingerprint density at radius 2 is 2.22 bits per heavy atom. The zero-order valence-electron chi connectivity index (χ0n) is 14.6. The van der Waals surface area contributed by atoms with Gasteiger partial charge in [-0.25, -0.2) is 0 Å². The Bertz CT molecular complexity index is 460. The fourth-order valence-electron chi connectivity index (χ4n) is 3.08. The number of likely N-dealkylation sites (tertiary alicyclic amines) is 1. The Balaban J connectivity index is 1.81. The number of nitrogens with zero attached hydrogens (tertiary/aromatic N) is 3. The molecule has 0 aromatic carbocycles. The maximum atomic E-state index is 4.80. The van der Waals surface area contributed by atoms with Crippen molar-refractivity contribution in [2.45, 2.75) is 45.6 Å². The van der Waals surface area contributed by atoms with Crippen molar-refractivity contribution in [3.8, 4) is 0 Å². The molecule has 128 valence electrons. The predicted molar refractivity (Wildman–Crippen MR) is 96.8 cm³/mol. The molecule has 0 amide bonds. The van der Waals surface area contributed by atoms with Crippen LogP contribution in [0.3, 0.4) is 0 Å².